The lowest BCUT2D eigenvalue weighted by Crippen LogP contribution is -2.52. The van der Waals surface area contributed by atoms with Gasteiger partial charge in [-0.25, -0.2) is 4.39 Å². The normalized spacial score (nSPS) is 16.1. The van der Waals surface area contributed by atoms with Gasteiger partial charge in [-0.2, -0.15) is 0 Å². The van der Waals surface area contributed by atoms with Gasteiger partial charge in [0.25, 0.3) is 0 Å². The zero-order chi connectivity index (χ0) is 14.4. The lowest BCUT2D eigenvalue weighted by molar-refractivity contribution is -0.126. The van der Waals surface area contributed by atoms with E-state index in [9.17, 15) is 9.18 Å². The van der Waals surface area contributed by atoms with E-state index in [1.165, 1.54) is 12.1 Å². The zero-order valence-electron chi connectivity index (χ0n) is 12.7. The van der Waals surface area contributed by atoms with Gasteiger partial charge in [0.15, 0.2) is 0 Å². The molecule has 7 heteroatoms. The minimum atomic E-state index is -0.231. The summed E-state index contributed by atoms with van der Waals surface area (Å²) in [4.78, 5) is 14.2. The Kier molecular flexibility index (Phi) is 10.3. The lowest BCUT2D eigenvalue weighted by Gasteiger charge is -2.31. The molecule has 0 spiro atoms. The lowest BCUT2D eigenvalue weighted by atomic mass is 10.1. The standard InChI is InChI=1S/C15H22FN3O.2ClH/c1-12(19-10-8-17-9-11-19)15(20)18-7-6-13-2-4-14(16)5-3-13;;/h2-5,12,17H,6-11H2,1H3,(H,18,20);2*1H. The number of nitrogens with one attached hydrogen (secondary N) is 2. The van der Waals surface area contributed by atoms with Crippen LogP contribution in [0.15, 0.2) is 24.3 Å². The Balaban J connectivity index is 0.00000220. The van der Waals surface area contributed by atoms with Crippen molar-refractivity contribution in [3.05, 3.63) is 35.6 Å². The monoisotopic (exact) mass is 351 g/mol. The van der Waals surface area contributed by atoms with E-state index >= 15 is 0 Å². The van der Waals surface area contributed by atoms with Crippen LogP contribution in [0.25, 0.3) is 0 Å². The molecule has 1 aliphatic rings. The van der Waals surface area contributed by atoms with Crippen LogP contribution >= 0.6 is 24.8 Å². The van der Waals surface area contributed by atoms with E-state index in [4.69, 9.17) is 0 Å². The minimum Gasteiger partial charge on any atom is -0.354 e. The van der Waals surface area contributed by atoms with Crippen molar-refractivity contribution in [3.8, 4) is 0 Å². The molecule has 126 valence electrons. The Bertz CT molecular complexity index is 439. The quantitative estimate of drug-likeness (QED) is 0.847. The molecule has 2 N–H and O–H groups in total. The second-order valence-electron chi connectivity index (χ2n) is 5.13. The number of carbonyl (C=O) groups excluding carboxylic acids is 1. The number of nitrogens with zero attached hydrogens (tertiary/aromatic N) is 1. The van der Waals surface area contributed by atoms with E-state index in [1.54, 1.807) is 12.1 Å². The SMILES string of the molecule is CC(C(=O)NCCc1ccc(F)cc1)N1CCNCC1.Cl.Cl. The molecule has 1 aromatic rings. The zero-order valence-corrected chi connectivity index (χ0v) is 14.3. The molecule has 4 nitrogen and oxygen atoms in total. The first-order valence-electron chi connectivity index (χ1n) is 7.14. The van der Waals surface area contributed by atoms with Gasteiger partial charge < -0.3 is 10.6 Å². The molecule has 0 aliphatic carbocycles. The van der Waals surface area contributed by atoms with Crippen molar-refractivity contribution in [1.29, 1.82) is 0 Å². The number of carbonyl (C=O) groups is 1. The smallest absolute Gasteiger partial charge is 0.237 e. The molecule has 0 aromatic heterocycles. The molecular weight excluding hydrogens is 328 g/mol. The Morgan fingerprint density at radius 2 is 1.86 bits per heavy atom. The van der Waals surface area contributed by atoms with Crippen LogP contribution < -0.4 is 10.6 Å². The van der Waals surface area contributed by atoms with E-state index < -0.39 is 0 Å². The number of benzene rings is 1. The first-order valence-corrected chi connectivity index (χ1v) is 7.14. The van der Waals surface area contributed by atoms with Gasteiger partial charge in [-0.1, -0.05) is 12.1 Å². The molecule has 1 fully saturated rings. The summed E-state index contributed by atoms with van der Waals surface area (Å²) in [6.45, 7) is 6.22. The molecule has 1 amide bonds. The summed E-state index contributed by atoms with van der Waals surface area (Å²) in [5.41, 5.74) is 1.03. The predicted molar refractivity (Wildman–Crippen MR) is 91.5 cm³/mol. The van der Waals surface area contributed by atoms with Gasteiger partial charge in [-0.3, -0.25) is 9.69 Å². The molecule has 2 rings (SSSR count). The fourth-order valence-corrected chi connectivity index (χ4v) is 2.36. The van der Waals surface area contributed by atoms with Gasteiger partial charge in [0, 0.05) is 32.7 Å². The molecule has 1 aromatic carbocycles. The molecule has 1 atom stereocenters. The fraction of sp³-hybridized carbons (Fsp3) is 0.533. The first kappa shape index (κ1) is 21.1. The highest BCUT2D eigenvalue weighted by atomic mass is 35.5. The van der Waals surface area contributed by atoms with Crippen molar-refractivity contribution in [1.82, 2.24) is 15.5 Å². The average molecular weight is 352 g/mol. The molecule has 1 saturated heterocycles. The van der Waals surface area contributed by atoms with Crippen molar-refractivity contribution in [3.63, 3.8) is 0 Å². The first-order chi connectivity index (χ1) is 9.66. The molecule has 0 bridgehead atoms. The van der Waals surface area contributed by atoms with Gasteiger partial charge >= 0.3 is 0 Å². The van der Waals surface area contributed by atoms with E-state index in [1.807, 2.05) is 6.92 Å². The third kappa shape index (κ3) is 6.48. The topological polar surface area (TPSA) is 44.4 Å². The van der Waals surface area contributed by atoms with E-state index in [0.29, 0.717) is 6.54 Å². The summed E-state index contributed by atoms with van der Waals surface area (Å²) in [7, 11) is 0. The van der Waals surface area contributed by atoms with Crippen LogP contribution in [-0.4, -0.2) is 49.6 Å². The van der Waals surface area contributed by atoms with E-state index in [-0.39, 0.29) is 42.6 Å². The second kappa shape index (κ2) is 10.8. The van der Waals surface area contributed by atoms with E-state index in [2.05, 4.69) is 15.5 Å². The van der Waals surface area contributed by atoms with Gasteiger partial charge in [0.2, 0.25) is 5.91 Å². The molecular formula is C15H24Cl2FN3O. The molecule has 0 saturated carbocycles. The van der Waals surface area contributed by atoms with Gasteiger partial charge in [-0.15, -0.1) is 24.8 Å². The largest absolute Gasteiger partial charge is 0.354 e. The van der Waals surface area contributed by atoms with Crippen LogP contribution in [0.4, 0.5) is 4.39 Å². The van der Waals surface area contributed by atoms with Gasteiger partial charge in [-0.05, 0) is 31.0 Å². The molecule has 22 heavy (non-hydrogen) atoms. The fourth-order valence-electron chi connectivity index (χ4n) is 2.36. The number of rotatable bonds is 5. The van der Waals surface area contributed by atoms with E-state index in [0.717, 1.165) is 38.2 Å². The summed E-state index contributed by atoms with van der Waals surface area (Å²) in [5.74, 6) is -0.167. The maximum Gasteiger partial charge on any atom is 0.237 e. The van der Waals surface area contributed by atoms with Crippen molar-refractivity contribution in [2.24, 2.45) is 0 Å². The van der Waals surface area contributed by atoms with Crippen LogP contribution in [0.3, 0.4) is 0 Å². The summed E-state index contributed by atoms with van der Waals surface area (Å²) < 4.78 is 12.8. The van der Waals surface area contributed by atoms with Crippen LogP contribution in [0, 0.1) is 5.82 Å². The third-order valence-corrected chi connectivity index (χ3v) is 3.70. The number of halogens is 3. The summed E-state index contributed by atoms with van der Waals surface area (Å²) in [6.07, 6.45) is 0.723. The number of hydrogen-bond acceptors (Lipinski definition) is 3. The maximum absolute atomic E-state index is 12.8. The molecule has 1 unspecified atom stereocenters. The Hall–Kier alpha value is -0.880. The van der Waals surface area contributed by atoms with Crippen molar-refractivity contribution >= 4 is 30.7 Å². The number of amides is 1. The van der Waals surface area contributed by atoms with Crippen molar-refractivity contribution < 1.29 is 9.18 Å². The van der Waals surface area contributed by atoms with Crippen LogP contribution in [-0.2, 0) is 11.2 Å². The summed E-state index contributed by atoms with van der Waals surface area (Å²) in [6, 6.07) is 6.30. The van der Waals surface area contributed by atoms with Crippen LogP contribution in [0.5, 0.6) is 0 Å². The Morgan fingerprint density at radius 1 is 1.27 bits per heavy atom. The second-order valence-corrected chi connectivity index (χ2v) is 5.13. The Labute approximate surface area is 143 Å². The van der Waals surface area contributed by atoms with Gasteiger partial charge in [0.1, 0.15) is 5.82 Å². The molecule has 0 radical (unpaired) electrons. The third-order valence-electron chi connectivity index (χ3n) is 3.70. The van der Waals surface area contributed by atoms with Crippen molar-refractivity contribution in [2.75, 3.05) is 32.7 Å². The predicted octanol–water partition coefficient (Wildman–Crippen LogP) is 1.62. The minimum absolute atomic E-state index is 0. The van der Waals surface area contributed by atoms with Crippen molar-refractivity contribution in [2.45, 2.75) is 19.4 Å². The summed E-state index contributed by atoms with van der Waals surface area (Å²) >= 11 is 0. The maximum atomic E-state index is 12.8. The highest BCUT2D eigenvalue weighted by molar-refractivity contribution is 5.85. The molecule has 1 aliphatic heterocycles. The average Bonchev–Trinajstić information content (AvgIpc) is 2.49. The highest BCUT2D eigenvalue weighted by Gasteiger charge is 2.21. The van der Waals surface area contributed by atoms with Crippen LogP contribution in [0.1, 0.15) is 12.5 Å². The summed E-state index contributed by atoms with van der Waals surface area (Å²) in [5, 5.41) is 6.22. The molecule has 1 heterocycles. The highest BCUT2D eigenvalue weighted by Crippen LogP contribution is 2.04. The number of piperazine rings is 1. The number of hydrogen-bond donors (Lipinski definition) is 2. The van der Waals surface area contributed by atoms with Gasteiger partial charge in [0.05, 0.1) is 6.04 Å². The Morgan fingerprint density at radius 3 is 2.45 bits per heavy atom. The van der Waals surface area contributed by atoms with Crippen LogP contribution in [0.2, 0.25) is 0 Å².